The van der Waals surface area contributed by atoms with Crippen LogP contribution in [0.5, 0.6) is 0 Å². The molecule has 0 saturated carbocycles. The van der Waals surface area contributed by atoms with Gasteiger partial charge < -0.3 is 23.3 Å². The first-order valence-electron chi connectivity index (χ1n) is 9.11. The summed E-state index contributed by atoms with van der Waals surface area (Å²) in [4.78, 5) is 4.21. The fraction of sp³-hybridized carbons (Fsp3) is 0.722. The maximum absolute atomic E-state index is 6.21. The van der Waals surface area contributed by atoms with E-state index in [1.807, 2.05) is 67.5 Å². The molecule has 1 atom stereocenters. The Kier molecular flexibility index (Phi) is 4.81. The van der Waals surface area contributed by atoms with Crippen molar-refractivity contribution in [1.82, 2.24) is 4.98 Å². The highest BCUT2D eigenvalue weighted by molar-refractivity contribution is 6.49. The van der Waals surface area contributed by atoms with Crippen molar-refractivity contribution in [3.05, 3.63) is 30.1 Å². The molecule has 3 rings (SSSR count). The number of rotatable bonds is 4. The second-order valence-electron chi connectivity index (χ2n) is 9.01. The van der Waals surface area contributed by atoms with Crippen molar-refractivity contribution >= 4 is 14.4 Å². The zero-order valence-corrected chi connectivity index (χ0v) is 17.0. The first-order chi connectivity index (χ1) is 11.8. The quantitative estimate of drug-likeness (QED) is 0.767. The van der Waals surface area contributed by atoms with E-state index in [0.29, 0.717) is 0 Å². The molecule has 1 aromatic rings. The molecule has 2 aliphatic rings. The molecule has 0 radical (unpaired) electrons. The lowest BCUT2D eigenvalue weighted by Crippen LogP contribution is -2.41. The first kappa shape index (κ1) is 19.8. The standard InChI is InChI=1S/C18H29B2NO5/c1-15(2)16(3,4)24-19(23-15)14(13-10-9-11-21-12-13)22-20-25-17(5,6)18(7,8)26-20/h9-12,14H,1-8H3. The maximum atomic E-state index is 6.21. The molecule has 1 aromatic heterocycles. The Bertz CT molecular complexity index is 618. The van der Waals surface area contributed by atoms with E-state index in [2.05, 4.69) is 4.98 Å². The Morgan fingerprint density at radius 3 is 1.81 bits per heavy atom. The Balaban J connectivity index is 1.85. The highest BCUT2D eigenvalue weighted by atomic mass is 16.8. The third-order valence-corrected chi connectivity index (χ3v) is 6.02. The van der Waals surface area contributed by atoms with Gasteiger partial charge in [-0.15, -0.1) is 0 Å². The Morgan fingerprint density at radius 2 is 1.35 bits per heavy atom. The van der Waals surface area contributed by atoms with Gasteiger partial charge in [0.05, 0.1) is 22.4 Å². The smallest absolute Gasteiger partial charge is 0.401 e. The number of hydrogen-bond acceptors (Lipinski definition) is 6. The normalized spacial score (nSPS) is 26.9. The van der Waals surface area contributed by atoms with Gasteiger partial charge in [0, 0.05) is 12.4 Å². The monoisotopic (exact) mass is 361 g/mol. The van der Waals surface area contributed by atoms with Gasteiger partial charge in [0.1, 0.15) is 6.00 Å². The molecule has 1 unspecified atom stereocenters. The number of nitrogens with zero attached hydrogens (tertiary/aromatic N) is 1. The zero-order valence-electron chi connectivity index (χ0n) is 17.0. The first-order valence-corrected chi connectivity index (χ1v) is 9.11. The predicted molar refractivity (Wildman–Crippen MR) is 100 cm³/mol. The van der Waals surface area contributed by atoms with Crippen molar-refractivity contribution in [3.8, 4) is 0 Å². The minimum Gasteiger partial charge on any atom is -0.401 e. The molecule has 8 heteroatoms. The van der Waals surface area contributed by atoms with Gasteiger partial charge in [-0.05, 0) is 67.0 Å². The molecular weight excluding hydrogens is 332 g/mol. The van der Waals surface area contributed by atoms with E-state index < -0.39 is 42.8 Å². The summed E-state index contributed by atoms with van der Waals surface area (Å²) in [5, 5.41) is 0. The van der Waals surface area contributed by atoms with E-state index in [-0.39, 0.29) is 0 Å². The van der Waals surface area contributed by atoms with Gasteiger partial charge >= 0.3 is 14.4 Å². The number of pyridine rings is 1. The maximum Gasteiger partial charge on any atom is 0.640 e. The second-order valence-corrected chi connectivity index (χ2v) is 9.01. The molecular formula is C18H29B2NO5. The molecule has 26 heavy (non-hydrogen) atoms. The topological polar surface area (TPSA) is 59.0 Å². The molecule has 142 valence electrons. The molecule has 0 N–H and O–H groups in total. The zero-order chi connectivity index (χ0) is 19.4. The van der Waals surface area contributed by atoms with Crippen LogP contribution in [0.25, 0.3) is 0 Å². The van der Waals surface area contributed by atoms with Crippen LogP contribution in [0, 0.1) is 0 Å². The van der Waals surface area contributed by atoms with Gasteiger partial charge in [0.2, 0.25) is 0 Å². The molecule has 6 nitrogen and oxygen atoms in total. The summed E-state index contributed by atoms with van der Waals surface area (Å²) >= 11 is 0. The molecule has 2 fully saturated rings. The van der Waals surface area contributed by atoms with Crippen molar-refractivity contribution in [3.63, 3.8) is 0 Å². The summed E-state index contributed by atoms with van der Waals surface area (Å²) in [6.45, 7) is 16.0. The fourth-order valence-corrected chi connectivity index (χ4v) is 2.82. The van der Waals surface area contributed by atoms with Crippen molar-refractivity contribution < 1.29 is 23.3 Å². The molecule has 0 amide bonds. The molecule has 2 aliphatic heterocycles. The molecule has 3 heterocycles. The van der Waals surface area contributed by atoms with E-state index in [4.69, 9.17) is 23.3 Å². The Morgan fingerprint density at radius 1 is 0.846 bits per heavy atom. The third kappa shape index (κ3) is 3.45. The number of hydrogen-bond donors (Lipinski definition) is 0. The van der Waals surface area contributed by atoms with Gasteiger partial charge in [0.15, 0.2) is 0 Å². The Hall–Kier alpha value is -0.920. The molecule has 2 saturated heterocycles. The van der Waals surface area contributed by atoms with Crippen LogP contribution in [0.4, 0.5) is 0 Å². The summed E-state index contributed by atoms with van der Waals surface area (Å²) in [5.74, 6) is 0. The third-order valence-electron chi connectivity index (χ3n) is 6.02. The lowest BCUT2D eigenvalue weighted by Gasteiger charge is -2.32. The van der Waals surface area contributed by atoms with Crippen molar-refractivity contribution in [2.45, 2.75) is 83.8 Å². The van der Waals surface area contributed by atoms with Crippen LogP contribution in [0.2, 0.25) is 0 Å². The number of aromatic nitrogens is 1. The average Bonchev–Trinajstić information content (AvgIpc) is 2.85. The van der Waals surface area contributed by atoms with Crippen molar-refractivity contribution in [2.75, 3.05) is 0 Å². The molecule has 0 aromatic carbocycles. The van der Waals surface area contributed by atoms with E-state index in [1.54, 1.807) is 12.4 Å². The summed E-state index contributed by atoms with van der Waals surface area (Å²) in [5.41, 5.74) is -1.03. The summed E-state index contributed by atoms with van der Waals surface area (Å²) in [6, 6.07) is 3.27. The van der Waals surface area contributed by atoms with Crippen LogP contribution < -0.4 is 0 Å². The van der Waals surface area contributed by atoms with Crippen LogP contribution >= 0.6 is 0 Å². The van der Waals surface area contributed by atoms with Crippen LogP contribution in [-0.4, -0.2) is 41.8 Å². The van der Waals surface area contributed by atoms with Gasteiger partial charge in [-0.25, -0.2) is 0 Å². The minimum atomic E-state index is -0.816. The second kappa shape index (κ2) is 6.31. The molecule has 0 bridgehead atoms. The molecule has 0 spiro atoms. The summed E-state index contributed by atoms with van der Waals surface area (Å²) < 4.78 is 30.6. The van der Waals surface area contributed by atoms with Crippen LogP contribution in [0.3, 0.4) is 0 Å². The highest BCUT2D eigenvalue weighted by Crippen LogP contribution is 2.43. The predicted octanol–water partition coefficient (Wildman–Crippen LogP) is 3.36. The minimum absolute atomic E-state index is 0.461. The lowest BCUT2D eigenvalue weighted by molar-refractivity contribution is 0.00578. The van der Waals surface area contributed by atoms with E-state index in [1.165, 1.54) is 0 Å². The van der Waals surface area contributed by atoms with Gasteiger partial charge in [-0.3, -0.25) is 4.98 Å². The van der Waals surface area contributed by atoms with E-state index >= 15 is 0 Å². The SMILES string of the molecule is CC1(C)OB(OC(B2OC(C)(C)C(C)(C)O2)c2cccnc2)OC1(C)C. The van der Waals surface area contributed by atoms with E-state index in [0.717, 1.165) is 5.56 Å². The van der Waals surface area contributed by atoms with Gasteiger partial charge in [-0.1, -0.05) is 6.07 Å². The Labute approximate surface area is 157 Å². The van der Waals surface area contributed by atoms with E-state index in [9.17, 15) is 0 Å². The van der Waals surface area contributed by atoms with Crippen molar-refractivity contribution in [2.24, 2.45) is 0 Å². The lowest BCUT2D eigenvalue weighted by atomic mass is 9.76. The van der Waals surface area contributed by atoms with Crippen molar-refractivity contribution in [1.29, 1.82) is 0 Å². The molecule has 0 aliphatic carbocycles. The largest absolute Gasteiger partial charge is 0.640 e. The summed E-state index contributed by atoms with van der Waals surface area (Å²) in [7, 11) is -1.41. The van der Waals surface area contributed by atoms with Gasteiger partial charge in [0.25, 0.3) is 0 Å². The average molecular weight is 361 g/mol. The highest BCUT2D eigenvalue weighted by Gasteiger charge is 2.58. The van der Waals surface area contributed by atoms with Crippen LogP contribution in [0.15, 0.2) is 24.5 Å². The fourth-order valence-electron chi connectivity index (χ4n) is 2.82. The van der Waals surface area contributed by atoms with Crippen LogP contribution in [-0.2, 0) is 23.3 Å². The summed E-state index contributed by atoms with van der Waals surface area (Å²) in [6.07, 6.45) is 3.47. The van der Waals surface area contributed by atoms with Gasteiger partial charge in [-0.2, -0.15) is 0 Å². The van der Waals surface area contributed by atoms with Crippen LogP contribution in [0.1, 0.15) is 67.0 Å².